The van der Waals surface area contributed by atoms with Crippen LogP contribution in [0.4, 0.5) is 13.2 Å². The average molecular weight is 257 g/mol. The highest BCUT2D eigenvalue weighted by molar-refractivity contribution is 5.53. The summed E-state index contributed by atoms with van der Waals surface area (Å²) in [6.45, 7) is 0.410. The highest BCUT2D eigenvalue weighted by Crippen LogP contribution is 2.30. The zero-order valence-corrected chi connectivity index (χ0v) is 9.45. The average Bonchev–Trinajstić information content (AvgIpc) is 2.77. The van der Waals surface area contributed by atoms with Crippen molar-refractivity contribution >= 4 is 0 Å². The number of halogens is 3. The number of hydrogen-bond donors (Lipinski definition) is 1. The molecule has 0 fully saturated rings. The Morgan fingerprint density at radius 3 is 2.39 bits per heavy atom. The lowest BCUT2D eigenvalue weighted by atomic mass is 10.1. The summed E-state index contributed by atoms with van der Waals surface area (Å²) in [7, 11) is 1.72. The fourth-order valence-electron chi connectivity index (χ4n) is 1.39. The summed E-state index contributed by atoms with van der Waals surface area (Å²) in [5, 5.41) is 10.3. The van der Waals surface area contributed by atoms with Gasteiger partial charge in [0.15, 0.2) is 0 Å². The van der Waals surface area contributed by atoms with Crippen molar-refractivity contribution in [2.75, 3.05) is 7.05 Å². The van der Waals surface area contributed by atoms with Crippen LogP contribution in [-0.4, -0.2) is 17.2 Å². The summed E-state index contributed by atoms with van der Waals surface area (Å²) in [5.74, 6) is 0.585. The van der Waals surface area contributed by atoms with E-state index >= 15 is 0 Å². The predicted molar refractivity (Wildman–Crippen MR) is 57.5 cm³/mol. The zero-order valence-electron chi connectivity index (χ0n) is 9.45. The van der Waals surface area contributed by atoms with Crippen molar-refractivity contribution in [1.82, 2.24) is 15.5 Å². The van der Waals surface area contributed by atoms with E-state index in [1.807, 2.05) is 0 Å². The Hall–Kier alpha value is -1.89. The molecule has 0 aliphatic rings. The summed E-state index contributed by atoms with van der Waals surface area (Å²) in [6, 6.07) is 4.58. The van der Waals surface area contributed by atoms with Crippen LogP contribution < -0.4 is 5.32 Å². The van der Waals surface area contributed by atoms with Gasteiger partial charge in [0.25, 0.3) is 0 Å². The molecule has 96 valence electrons. The second-order valence-corrected chi connectivity index (χ2v) is 3.61. The quantitative estimate of drug-likeness (QED) is 0.917. The molecule has 0 atom stereocenters. The number of aromatic nitrogens is 2. The minimum absolute atomic E-state index is 0.203. The van der Waals surface area contributed by atoms with Gasteiger partial charge in [0.05, 0.1) is 12.1 Å². The summed E-state index contributed by atoms with van der Waals surface area (Å²) in [6.07, 6.45) is -4.34. The molecular formula is C11H10F3N3O. The van der Waals surface area contributed by atoms with Crippen molar-refractivity contribution in [2.24, 2.45) is 0 Å². The van der Waals surface area contributed by atoms with E-state index < -0.39 is 11.7 Å². The summed E-state index contributed by atoms with van der Waals surface area (Å²) in [4.78, 5) is 0. The first-order valence-corrected chi connectivity index (χ1v) is 5.15. The lowest BCUT2D eigenvalue weighted by Crippen LogP contribution is -2.04. The van der Waals surface area contributed by atoms with Crippen molar-refractivity contribution < 1.29 is 17.6 Å². The second kappa shape index (κ2) is 4.77. The van der Waals surface area contributed by atoms with Crippen molar-refractivity contribution in [2.45, 2.75) is 12.7 Å². The summed E-state index contributed by atoms with van der Waals surface area (Å²) in [5.41, 5.74) is -0.251. The molecule has 0 amide bonds. The van der Waals surface area contributed by atoms with Crippen molar-refractivity contribution in [1.29, 1.82) is 0 Å². The Labute approximate surface area is 101 Å². The van der Waals surface area contributed by atoms with Gasteiger partial charge < -0.3 is 9.73 Å². The fraction of sp³-hybridized carbons (Fsp3) is 0.273. The maximum absolute atomic E-state index is 12.4. The maximum atomic E-state index is 12.4. The molecule has 7 heteroatoms. The molecule has 0 aliphatic heterocycles. The van der Waals surface area contributed by atoms with Gasteiger partial charge in [-0.3, -0.25) is 0 Å². The van der Waals surface area contributed by atoms with E-state index in [1.165, 1.54) is 12.1 Å². The third-order valence-electron chi connectivity index (χ3n) is 2.25. The molecule has 1 aromatic heterocycles. The molecule has 0 radical (unpaired) electrons. The van der Waals surface area contributed by atoms with Gasteiger partial charge in [0.2, 0.25) is 11.8 Å². The molecule has 1 N–H and O–H groups in total. The molecular weight excluding hydrogens is 247 g/mol. The monoisotopic (exact) mass is 257 g/mol. The molecule has 0 saturated heterocycles. The van der Waals surface area contributed by atoms with E-state index in [0.29, 0.717) is 18.0 Å². The van der Waals surface area contributed by atoms with E-state index in [9.17, 15) is 13.2 Å². The number of nitrogens with one attached hydrogen (secondary N) is 1. The summed E-state index contributed by atoms with van der Waals surface area (Å²) >= 11 is 0. The van der Waals surface area contributed by atoms with Crippen LogP contribution in [0.5, 0.6) is 0 Å². The minimum atomic E-state index is -4.34. The molecule has 0 spiro atoms. The van der Waals surface area contributed by atoms with E-state index in [4.69, 9.17) is 4.42 Å². The van der Waals surface area contributed by atoms with Crippen LogP contribution in [0.15, 0.2) is 28.7 Å². The molecule has 4 nitrogen and oxygen atoms in total. The summed E-state index contributed by atoms with van der Waals surface area (Å²) < 4.78 is 42.4. The van der Waals surface area contributed by atoms with Crippen LogP contribution in [0.1, 0.15) is 11.5 Å². The molecule has 0 unspecified atom stereocenters. The second-order valence-electron chi connectivity index (χ2n) is 3.61. The molecule has 0 bridgehead atoms. The smallest absolute Gasteiger partial charge is 0.416 e. The third kappa shape index (κ3) is 2.67. The lowest BCUT2D eigenvalue weighted by molar-refractivity contribution is -0.137. The molecule has 0 saturated carbocycles. The zero-order chi connectivity index (χ0) is 13.2. The van der Waals surface area contributed by atoms with Crippen molar-refractivity contribution in [3.8, 4) is 11.5 Å². The van der Waals surface area contributed by atoms with Gasteiger partial charge in [-0.2, -0.15) is 13.2 Å². The van der Waals surface area contributed by atoms with Crippen LogP contribution in [0.3, 0.4) is 0 Å². The number of nitrogens with zero attached hydrogens (tertiary/aromatic N) is 2. The number of rotatable bonds is 3. The first-order valence-electron chi connectivity index (χ1n) is 5.15. The van der Waals surface area contributed by atoms with Crippen LogP contribution >= 0.6 is 0 Å². The van der Waals surface area contributed by atoms with Crippen molar-refractivity contribution in [3.05, 3.63) is 35.7 Å². The first-order chi connectivity index (χ1) is 8.50. The normalized spacial score (nSPS) is 11.8. The van der Waals surface area contributed by atoms with Crippen LogP contribution in [0.2, 0.25) is 0 Å². The Kier molecular flexibility index (Phi) is 3.33. The van der Waals surface area contributed by atoms with Gasteiger partial charge in [-0.25, -0.2) is 0 Å². The highest BCUT2D eigenvalue weighted by atomic mass is 19.4. The van der Waals surface area contributed by atoms with E-state index in [2.05, 4.69) is 15.5 Å². The van der Waals surface area contributed by atoms with Gasteiger partial charge in [-0.05, 0) is 31.3 Å². The Morgan fingerprint density at radius 1 is 1.17 bits per heavy atom. The Morgan fingerprint density at radius 2 is 1.83 bits per heavy atom. The third-order valence-corrected chi connectivity index (χ3v) is 2.25. The van der Waals surface area contributed by atoms with Crippen LogP contribution in [-0.2, 0) is 12.7 Å². The van der Waals surface area contributed by atoms with Crippen LogP contribution in [0, 0.1) is 0 Å². The molecule has 18 heavy (non-hydrogen) atoms. The standard InChI is InChI=1S/C11H10F3N3O/c1-15-6-9-16-17-10(18-9)7-2-4-8(5-3-7)11(12,13)14/h2-5,15H,6H2,1H3. The number of hydrogen-bond acceptors (Lipinski definition) is 4. The topological polar surface area (TPSA) is 51.0 Å². The first kappa shape index (κ1) is 12.6. The van der Waals surface area contributed by atoms with E-state index in [-0.39, 0.29) is 5.89 Å². The van der Waals surface area contributed by atoms with Crippen LogP contribution in [0.25, 0.3) is 11.5 Å². The Bertz CT molecular complexity index is 519. The number of benzene rings is 1. The Balaban J connectivity index is 2.23. The SMILES string of the molecule is CNCc1nnc(-c2ccc(C(F)(F)F)cc2)o1. The molecule has 2 rings (SSSR count). The van der Waals surface area contributed by atoms with E-state index in [1.54, 1.807) is 7.05 Å². The predicted octanol–water partition coefficient (Wildman–Crippen LogP) is 2.47. The fourth-order valence-corrected chi connectivity index (χ4v) is 1.39. The largest absolute Gasteiger partial charge is 0.419 e. The molecule has 2 aromatic rings. The highest BCUT2D eigenvalue weighted by Gasteiger charge is 2.30. The van der Waals surface area contributed by atoms with Gasteiger partial charge in [-0.15, -0.1) is 10.2 Å². The van der Waals surface area contributed by atoms with Gasteiger partial charge in [0.1, 0.15) is 0 Å². The molecule has 1 aromatic carbocycles. The number of alkyl halides is 3. The minimum Gasteiger partial charge on any atom is -0.419 e. The van der Waals surface area contributed by atoms with Gasteiger partial charge in [0, 0.05) is 5.56 Å². The molecule has 1 heterocycles. The van der Waals surface area contributed by atoms with Gasteiger partial charge >= 0.3 is 6.18 Å². The maximum Gasteiger partial charge on any atom is 0.416 e. The van der Waals surface area contributed by atoms with E-state index in [0.717, 1.165) is 12.1 Å². The van der Waals surface area contributed by atoms with Crippen molar-refractivity contribution in [3.63, 3.8) is 0 Å². The lowest BCUT2D eigenvalue weighted by Gasteiger charge is -2.05. The molecule has 0 aliphatic carbocycles. The van der Waals surface area contributed by atoms with Gasteiger partial charge in [-0.1, -0.05) is 0 Å².